The van der Waals surface area contributed by atoms with Gasteiger partial charge < -0.3 is 4.74 Å². The second-order valence-corrected chi connectivity index (χ2v) is 3.80. The predicted octanol–water partition coefficient (Wildman–Crippen LogP) is 2.35. The first-order chi connectivity index (χ1) is 6.57. The van der Waals surface area contributed by atoms with Crippen molar-refractivity contribution in [3.63, 3.8) is 0 Å². The minimum atomic E-state index is -1.08. The summed E-state index contributed by atoms with van der Waals surface area (Å²) in [5.74, 6) is -0.427. The van der Waals surface area contributed by atoms with Crippen LogP contribution in [0.15, 0.2) is 18.2 Å². The first-order valence-corrected chi connectivity index (χ1v) is 4.47. The maximum atomic E-state index is 12.8. The van der Waals surface area contributed by atoms with Gasteiger partial charge in [0.05, 0.1) is 5.56 Å². The van der Waals surface area contributed by atoms with Crippen LogP contribution in [0.2, 0.25) is 0 Å². The van der Waals surface area contributed by atoms with Crippen LogP contribution in [-0.2, 0) is 10.3 Å². The van der Waals surface area contributed by atoms with Crippen LogP contribution in [0.5, 0.6) is 0 Å². The highest BCUT2D eigenvalue weighted by Crippen LogP contribution is 2.36. The minimum Gasteiger partial charge on any atom is -0.448 e. The van der Waals surface area contributed by atoms with Crippen LogP contribution in [0, 0.1) is 6.92 Å². The second kappa shape index (κ2) is 2.80. The number of ether oxygens (including phenoxy) is 1. The lowest BCUT2D eigenvalue weighted by atomic mass is 9.94. The third-order valence-electron chi connectivity index (χ3n) is 2.54. The average molecular weight is 194 g/mol. The molecule has 0 aliphatic carbocycles. The maximum absolute atomic E-state index is 12.8. The van der Waals surface area contributed by atoms with E-state index in [4.69, 9.17) is 4.74 Å². The lowest BCUT2D eigenvalue weighted by molar-refractivity contribution is -0.0106. The van der Waals surface area contributed by atoms with E-state index in [0.717, 1.165) is 5.56 Å². The molecular formula is C11H11FO2. The Morgan fingerprint density at radius 3 is 2.86 bits per heavy atom. The topological polar surface area (TPSA) is 26.3 Å². The highest BCUT2D eigenvalue weighted by atomic mass is 19.1. The molecule has 0 fully saturated rings. The lowest BCUT2D eigenvalue weighted by Gasteiger charge is -2.19. The van der Waals surface area contributed by atoms with Crippen molar-refractivity contribution in [2.75, 3.05) is 6.67 Å². The van der Waals surface area contributed by atoms with Gasteiger partial charge >= 0.3 is 5.97 Å². The summed E-state index contributed by atoms with van der Waals surface area (Å²) in [6, 6.07) is 5.35. The van der Waals surface area contributed by atoms with Crippen molar-refractivity contribution in [3.05, 3.63) is 34.9 Å². The highest BCUT2D eigenvalue weighted by Gasteiger charge is 2.41. The molecule has 2 nitrogen and oxygen atoms in total. The number of fused-ring (bicyclic) bond motifs is 1. The molecule has 1 aromatic carbocycles. The van der Waals surface area contributed by atoms with Gasteiger partial charge in [0.25, 0.3) is 0 Å². The van der Waals surface area contributed by atoms with E-state index < -0.39 is 18.2 Å². The van der Waals surface area contributed by atoms with Crippen LogP contribution in [0.4, 0.5) is 4.39 Å². The Hall–Kier alpha value is -1.38. The van der Waals surface area contributed by atoms with Crippen LogP contribution >= 0.6 is 0 Å². The second-order valence-electron chi connectivity index (χ2n) is 3.80. The third kappa shape index (κ3) is 1.12. The quantitative estimate of drug-likeness (QED) is 0.641. The van der Waals surface area contributed by atoms with Gasteiger partial charge in [0.1, 0.15) is 6.67 Å². The SMILES string of the molecule is Cc1ccc2c(c1)C(=O)OC2(C)CF. The van der Waals surface area contributed by atoms with Crippen LogP contribution in [0.3, 0.4) is 0 Å². The Labute approximate surface area is 81.7 Å². The number of cyclic esters (lactones) is 1. The van der Waals surface area contributed by atoms with E-state index in [9.17, 15) is 9.18 Å². The van der Waals surface area contributed by atoms with E-state index >= 15 is 0 Å². The molecule has 0 bridgehead atoms. The molecule has 1 atom stereocenters. The zero-order valence-corrected chi connectivity index (χ0v) is 8.13. The van der Waals surface area contributed by atoms with Gasteiger partial charge in [-0.2, -0.15) is 0 Å². The van der Waals surface area contributed by atoms with Crippen molar-refractivity contribution in [3.8, 4) is 0 Å². The summed E-state index contributed by atoms with van der Waals surface area (Å²) in [6.07, 6.45) is 0. The van der Waals surface area contributed by atoms with E-state index in [-0.39, 0.29) is 0 Å². The molecule has 0 radical (unpaired) electrons. The van der Waals surface area contributed by atoms with E-state index in [1.165, 1.54) is 0 Å². The normalized spacial score (nSPS) is 24.6. The van der Waals surface area contributed by atoms with Gasteiger partial charge in [0, 0.05) is 5.56 Å². The number of alkyl halides is 1. The number of carbonyl (C=O) groups is 1. The molecule has 1 unspecified atom stereocenters. The molecule has 0 aromatic heterocycles. The molecule has 2 rings (SSSR count). The number of halogens is 1. The Morgan fingerprint density at radius 2 is 2.21 bits per heavy atom. The fraction of sp³-hybridized carbons (Fsp3) is 0.364. The van der Waals surface area contributed by atoms with Gasteiger partial charge in [-0.05, 0) is 19.9 Å². The molecular weight excluding hydrogens is 183 g/mol. The molecule has 74 valence electrons. The fourth-order valence-corrected chi connectivity index (χ4v) is 1.70. The molecule has 3 heteroatoms. The van der Waals surface area contributed by atoms with Crippen molar-refractivity contribution in [2.24, 2.45) is 0 Å². The Bertz CT molecular complexity index is 400. The molecule has 1 aromatic rings. The minimum absolute atomic E-state index is 0.427. The van der Waals surface area contributed by atoms with E-state index in [1.54, 1.807) is 19.1 Å². The number of rotatable bonds is 1. The molecule has 14 heavy (non-hydrogen) atoms. The van der Waals surface area contributed by atoms with E-state index in [1.807, 2.05) is 13.0 Å². The van der Waals surface area contributed by atoms with Crippen LogP contribution < -0.4 is 0 Å². The third-order valence-corrected chi connectivity index (χ3v) is 2.54. The maximum Gasteiger partial charge on any atom is 0.339 e. The Morgan fingerprint density at radius 1 is 1.50 bits per heavy atom. The monoisotopic (exact) mass is 194 g/mol. The molecule has 1 heterocycles. The number of carbonyl (C=O) groups excluding carboxylic acids is 1. The largest absolute Gasteiger partial charge is 0.448 e. The van der Waals surface area contributed by atoms with Crippen molar-refractivity contribution < 1.29 is 13.9 Å². The summed E-state index contributed by atoms with van der Waals surface area (Å²) in [6.45, 7) is 2.79. The average Bonchev–Trinajstić information content (AvgIpc) is 2.40. The molecule has 0 amide bonds. The smallest absolute Gasteiger partial charge is 0.339 e. The first kappa shape index (κ1) is 9.19. The molecule has 0 spiro atoms. The van der Waals surface area contributed by atoms with Gasteiger partial charge in [-0.25, -0.2) is 9.18 Å². The van der Waals surface area contributed by atoms with Gasteiger partial charge in [0.15, 0.2) is 5.60 Å². The number of hydrogen-bond donors (Lipinski definition) is 0. The molecule has 0 saturated heterocycles. The molecule has 0 N–H and O–H groups in total. The van der Waals surface area contributed by atoms with Crippen LogP contribution in [0.1, 0.15) is 28.4 Å². The van der Waals surface area contributed by atoms with Crippen molar-refractivity contribution in [2.45, 2.75) is 19.4 Å². The van der Waals surface area contributed by atoms with Gasteiger partial charge in [-0.1, -0.05) is 17.7 Å². The summed E-state index contributed by atoms with van der Waals surface area (Å²) in [4.78, 5) is 11.4. The van der Waals surface area contributed by atoms with E-state index in [0.29, 0.717) is 11.1 Å². The lowest BCUT2D eigenvalue weighted by Crippen LogP contribution is -2.24. The zero-order valence-electron chi connectivity index (χ0n) is 8.13. The summed E-state index contributed by atoms with van der Waals surface area (Å²) >= 11 is 0. The summed E-state index contributed by atoms with van der Waals surface area (Å²) in [5.41, 5.74) is 1.03. The van der Waals surface area contributed by atoms with Gasteiger partial charge in [-0.15, -0.1) is 0 Å². The molecule has 1 aliphatic rings. The van der Waals surface area contributed by atoms with Gasteiger partial charge in [0.2, 0.25) is 0 Å². The molecule has 0 saturated carbocycles. The number of benzene rings is 1. The zero-order chi connectivity index (χ0) is 10.3. The van der Waals surface area contributed by atoms with Crippen LogP contribution in [-0.4, -0.2) is 12.6 Å². The summed E-state index contributed by atoms with van der Waals surface area (Å²) in [5, 5.41) is 0. The summed E-state index contributed by atoms with van der Waals surface area (Å²) < 4.78 is 17.8. The van der Waals surface area contributed by atoms with Crippen LogP contribution in [0.25, 0.3) is 0 Å². The number of hydrogen-bond acceptors (Lipinski definition) is 2. The molecule has 1 aliphatic heterocycles. The number of esters is 1. The highest BCUT2D eigenvalue weighted by molar-refractivity contribution is 5.94. The number of aryl methyl sites for hydroxylation is 1. The Balaban J connectivity index is 2.61. The van der Waals surface area contributed by atoms with Crippen molar-refractivity contribution in [1.82, 2.24) is 0 Å². The fourth-order valence-electron chi connectivity index (χ4n) is 1.70. The predicted molar refractivity (Wildman–Crippen MR) is 49.9 cm³/mol. The first-order valence-electron chi connectivity index (χ1n) is 4.47. The van der Waals surface area contributed by atoms with Crippen molar-refractivity contribution in [1.29, 1.82) is 0 Å². The Kier molecular flexibility index (Phi) is 1.84. The summed E-state index contributed by atoms with van der Waals surface area (Å²) in [7, 11) is 0. The standard InChI is InChI=1S/C11H11FO2/c1-7-3-4-9-8(5-7)10(13)14-11(9,2)6-12/h3-5H,6H2,1-2H3. The van der Waals surface area contributed by atoms with E-state index in [2.05, 4.69) is 0 Å². The van der Waals surface area contributed by atoms with Gasteiger partial charge in [-0.3, -0.25) is 0 Å². The van der Waals surface area contributed by atoms with Crippen molar-refractivity contribution >= 4 is 5.97 Å².